The third-order valence-corrected chi connectivity index (χ3v) is 3.83. The molecule has 0 saturated heterocycles. The van der Waals surface area contributed by atoms with E-state index in [1.165, 1.54) is 0 Å². The molecular weight excluding hydrogens is 285 g/mol. The molecule has 0 aromatic carbocycles. The van der Waals surface area contributed by atoms with E-state index < -0.39 is 11.8 Å². The number of rotatable bonds is 2. The second kappa shape index (κ2) is 4.24. The molecule has 0 radical (unpaired) electrons. The van der Waals surface area contributed by atoms with Gasteiger partial charge in [-0.15, -0.1) is 0 Å². The number of hydrogen-bond donors (Lipinski definition) is 0. The second-order valence-electron chi connectivity index (χ2n) is 3.77. The molecule has 0 nitrogen and oxygen atoms in total. The van der Waals surface area contributed by atoms with Crippen molar-refractivity contribution in [2.24, 2.45) is 11.8 Å². The van der Waals surface area contributed by atoms with E-state index in [2.05, 4.69) is 22.6 Å². The molecule has 76 valence electrons. The minimum atomic E-state index is -2.56. The van der Waals surface area contributed by atoms with Crippen molar-refractivity contribution in [2.75, 3.05) is 0 Å². The molecule has 0 saturated carbocycles. The van der Waals surface area contributed by atoms with E-state index in [9.17, 15) is 8.78 Å². The van der Waals surface area contributed by atoms with Crippen LogP contribution in [-0.2, 0) is 0 Å². The summed E-state index contributed by atoms with van der Waals surface area (Å²) < 4.78 is 27.3. The molecule has 1 aliphatic rings. The maximum absolute atomic E-state index is 13.2. The second-order valence-corrected chi connectivity index (χ2v) is 5.01. The molecule has 0 spiro atoms. The summed E-state index contributed by atoms with van der Waals surface area (Å²) in [5.41, 5.74) is 0. The Bertz CT molecular complexity index is 205. The minimum absolute atomic E-state index is 0.164. The highest BCUT2D eigenvalue weighted by molar-refractivity contribution is 14.1. The van der Waals surface area contributed by atoms with Crippen LogP contribution in [0.15, 0.2) is 9.66 Å². The minimum Gasteiger partial charge on any atom is -0.206 e. The number of hydrogen-bond acceptors (Lipinski definition) is 0. The van der Waals surface area contributed by atoms with Crippen LogP contribution in [0.1, 0.15) is 33.1 Å². The predicted molar refractivity (Wildman–Crippen MR) is 59.2 cm³/mol. The van der Waals surface area contributed by atoms with Crippen LogP contribution in [0.5, 0.6) is 0 Å². The molecule has 0 N–H and O–H groups in total. The highest BCUT2D eigenvalue weighted by atomic mass is 127. The van der Waals surface area contributed by atoms with Crippen molar-refractivity contribution in [3.05, 3.63) is 9.66 Å². The lowest BCUT2D eigenvalue weighted by molar-refractivity contribution is -0.0471. The third kappa shape index (κ3) is 2.64. The topological polar surface area (TPSA) is 0 Å². The van der Waals surface area contributed by atoms with Crippen molar-refractivity contribution in [1.29, 1.82) is 0 Å². The Morgan fingerprint density at radius 2 is 2.23 bits per heavy atom. The van der Waals surface area contributed by atoms with Gasteiger partial charge in [-0.25, -0.2) is 8.78 Å². The highest BCUT2D eigenvalue weighted by Gasteiger charge is 2.41. The Morgan fingerprint density at radius 1 is 1.62 bits per heavy atom. The number of alkyl halides is 2. The van der Waals surface area contributed by atoms with Crippen LogP contribution in [0.25, 0.3) is 0 Å². The lowest BCUT2D eigenvalue weighted by atomic mass is 9.79. The van der Waals surface area contributed by atoms with Gasteiger partial charge in [0.1, 0.15) is 0 Å². The summed E-state index contributed by atoms with van der Waals surface area (Å²) in [7, 11) is 0. The summed E-state index contributed by atoms with van der Waals surface area (Å²) >= 11 is 2.06. The average molecular weight is 300 g/mol. The van der Waals surface area contributed by atoms with Crippen LogP contribution in [0.2, 0.25) is 0 Å². The maximum Gasteiger partial charge on any atom is 0.252 e. The molecule has 1 rings (SSSR count). The zero-order valence-corrected chi connectivity index (χ0v) is 10.1. The van der Waals surface area contributed by atoms with Gasteiger partial charge in [0.15, 0.2) is 0 Å². The first-order chi connectivity index (χ1) is 5.96. The van der Waals surface area contributed by atoms with Crippen molar-refractivity contribution in [1.82, 2.24) is 0 Å². The third-order valence-electron chi connectivity index (χ3n) is 2.72. The van der Waals surface area contributed by atoms with Crippen LogP contribution >= 0.6 is 22.6 Å². The normalized spacial score (nSPS) is 30.1. The summed E-state index contributed by atoms with van der Waals surface area (Å²) in [6.45, 7) is 3.04. The van der Waals surface area contributed by atoms with Crippen LogP contribution in [0.4, 0.5) is 8.78 Å². The summed E-state index contributed by atoms with van der Waals surface area (Å²) in [6, 6.07) is 0. The quantitative estimate of drug-likeness (QED) is 0.663. The van der Waals surface area contributed by atoms with E-state index in [4.69, 9.17) is 0 Å². The van der Waals surface area contributed by atoms with Gasteiger partial charge in [-0.1, -0.05) is 19.4 Å². The van der Waals surface area contributed by atoms with Gasteiger partial charge in [0.05, 0.1) is 5.92 Å². The van der Waals surface area contributed by atoms with Gasteiger partial charge >= 0.3 is 0 Å². The van der Waals surface area contributed by atoms with E-state index in [-0.39, 0.29) is 5.92 Å². The first-order valence-corrected chi connectivity index (χ1v) is 5.78. The zero-order valence-electron chi connectivity index (χ0n) is 7.99. The van der Waals surface area contributed by atoms with Gasteiger partial charge in [-0.2, -0.15) is 0 Å². The maximum atomic E-state index is 13.2. The summed E-state index contributed by atoms with van der Waals surface area (Å²) in [5.74, 6) is -2.93. The predicted octanol–water partition coefficient (Wildman–Crippen LogP) is 4.40. The van der Waals surface area contributed by atoms with Crippen molar-refractivity contribution in [3.63, 3.8) is 0 Å². The largest absolute Gasteiger partial charge is 0.252 e. The van der Waals surface area contributed by atoms with Crippen molar-refractivity contribution in [2.45, 2.75) is 39.0 Å². The summed E-state index contributed by atoms with van der Waals surface area (Å²) in [5, 5.41) is 0. The SMILES string of the molecule is CCC1CCC=C(I)C1C(C)(F)F. The monoisotopic (exact) mass is 300 g/mol. The molecule has 0 aromatic heterocycles. The lowest BCUT2D eigenvalue weighted by Gasteiger charge is -2.33. The Hall–Kier alpha value is 0.330. The molecule has 2 unspecified atom stereocenters. The average Bonchev–Trinajstić information content (AvgIpc) is 2.01. The molecule has 3 heteroatoms. The summed E-state index contributed by atoms with van der Waals surface area (Å²) in [4.78, 5) is 0. The van der Waals surface area contributed by atoms with Gasteiger partial charge in [0, 0.05) is 0 Å². The summed E-state index contributed by atoms with van der Waals surface area (Å²) in [6.07, 6.45) is 4.68. The molecule has 0 aromatic rings. The Labute approximate surface area is 91.9 Å². The standard InChI is InChI=1S/C10H15F2I/c1-3-7-5-4-6-8(13)9(7)10(2,11)12/h6-7,9H,3-5H2,1-2H3. The molecule has 0 amide bonds. The molecule has 0 bridgehead atoms. The highest BCUT2D eigenvalue weighted by Crippen LogP contribution is 2.44. The lowest BCUT2D eigenvalue weighted by Crippen LogP contribution is -2.33. The van der Waals surface area contributed by atoms with Crippen LogP contribution < -0.4 is 0 Å². The molecule has 0 heterocycles. The molecule has 13 heavy (non-hydrogen) atoms. The molecule has 0 fully saturated rings. The van der Waals surface area contributed by atoms with E-state index in [1.807, 2.05) is 13.0 Å². The van der Waals surface area contributed by atoms with Crippen molar-refractivity contribution < 1.29 is 8.78 Å². The van der Waals surface area contributed by atoms with Crippen LogP contribution in [0, 0.1) is 11.8 Å². The Balaban J connectivity index is 2.86. The van der Waals surface area contributed by atoms with Crippen LogP contribution in [-0.4, -0.2) is 5.92 Å². The first kappa shape index (κ1) is 11.4. The zero-order chi connectivity index (χ0) is 10.1. The fourth-order valence-electron chi connectivity index (χ4n) is 2.05. The van der Waals surface area contributed by atoms with Gasteiger partial charge in [0.2, 0.25) is 0 Å². The smallest absolute Gasteiger partial charge is 0.206 e. The molecular formula is C10H15F2I. The van der Waals surface area contributed by atoms with Crippen molar-refractivity contribution in [3.8, 4) is 0 Å². The van der Waals surface area contributed by atoms with Gasteiger partial charge in [-0.3, -0.25) is 0 Å². The van der Waals surface area contributed by atoms with Crippen molar-refractivity contribution >= 4 is 22.6 Å². The van der Waals surface area contributed by atoms with Crippen LogP contribution in [0.3, 0.4) is 0 Å². The molecule has 2 atom stereocenters. The van der Waals surface area contributed by atoms with Gasteiger partial charge in [-0.05, 0) is 51.9 Å². The fourth-order valence-corrected chi connectivity index (χ4v) is 3.42. The van der Waals surface area contributed by atoms with E-state index in [0.717, 1.165) is 29.8 Å². The molecule has 1 aliphatic carbocycles. The fraction of sp³-hybridized carbons (Fsp3) is 0.800. The number of halogens is 3. The van der Waals surface area contributed by atoms with Gasteiger partial charge in [0.25, 0.3) is 5.92 Å². The first-order valence-electron chi connectivity index (χ1n) is 4.70. The van der Waals surface area contributed by atoms with Gasteiger partial charge < -0.3 is 0 Å². The Kier molecular flexibility index (Phi) is 3.72. The Morgan fingerprint density at radius 3 is 2.62 bits per heavy atom. The van der Waals surface area contributed by atoms with E-state index in [1.54, 1.807) is 0 Å². The van der Waals surface area contributed by atoms with E-state index in [0.29, 0.717) is 0 Å². The molecule has 0 aliphatic heterocycles. The number of allylic oxidation sites excluding steroid dienone is 2. The van der Waals surface area contributed by atoms with E-state index >= 15 is 0 Å².